The molecule has 1 N–H and O–H groups in total. The number of rotatable bonds is 5. The monoisotopic (exact) mass is 281 g/mol. The van der Waals surface area contributed by atoms with E-state index >= 15 is 0 Å². The van der Waals surface area contributed by atoms with Crippen LogP contribution in [0.1, 0.15) is 64.8 Å². The topological polar surface area (TPSA) is 60.2 Å². The average Bonchev–Trinajstić information content (AvgIpc) is 2.98. The summed E-state index contributed by atoms with van der Waals surface area (Å²) in [6.07, 6.45) is 3.12. The molecule has 2 heterocycles. The third-order valence-corrected chi connectivity index (χ3v) is 4.12. The molecule has 0 spiro atoms. The van der Waals surface area contributed by atoms with Crippen molar-refractivity contribution < 1.29 is 9.26 Å². The molecule has 0 saturated carbocycles. The van der Waals surface area contributed by atoms with Gasteiger partial charge in [0.15, 0.2) is 0 Å². The number of hydrogen-bond acceptors (Lipinski definition) is 5. The summed E-state index contributed by atoms with van der Waals surface area (Å²) in [6.45, 7) is 10.5. The van der Waals surface area contributed by atoms with Gasteiger partial charge in [-0.25, -0.2) is 0 Å². The number of nitrogens with zero attached hydrogens (tertiary/aromatic N) is 2. The molecule has 1 aliphatic heterocycles. The lowest BCUT2D eigenvalue weighted by molar-refractivity contribution is 0.00718. The first-order valence-electron chi connectivity index (χ1n) is 7.50. The van der Waals surface area contributed by atoms with Crippen LogP contribution in [0.2, 0.25) is 0 Å². The Balaban J connectivity index is 2.27. The van der Waals surface area contributed by atoms with E-state index in [0.717, 1.165) is 38.2 Å². The van der Waals surface area contributed by atoms with Crippen LogP contribution in [0.25, 0.3) is 0 Å². The Bertz CT molecular complexity index is 431. The highest BCUT2D eigenvalue weighted by Gasteiger charge is 2.41. The van der Waals surface area contributed by atoms with Crippen molar-refractivity contribution >= 4 is 0 Å². The molecule has 5 nitrogen and oxygen atoms in total. The molecular weight excluding hydrogens is 254 g/mol. The maximum atomic E-state index is 5.60. The van der Waals surface area contributed by atoms with Crippen molar-refractivity contribution in [2.24, 2.45) is 5.41 Å². The van der Waals surface area contributed by atoms with E-state index in [4.69, 9.17) is 9.26 Å². The van der Waals surface area contributed by atoms with Gasteiger partial charge in [-0.05, 0) is 24.8 Å². The average molecular weight is 281 g/mol. The Hall–Kier alpha value is -0.940. The molecule has 2 rings (SSSR count). The summed E-state index contributed by atoms with van der Waals surface area (Å²) in [6, 6.07) is 0. The molecule has 20 heavy (non-hydrogen) atoms. The minimum absolute atomic E-state index is 0.0101. The van der Waals surface area contributed by atoms with E-state index in [1.54, 1.807) is 7.11 Å². The van der Waals surface area contributed by atoms with Crippen molar-refractivity contribution in [3.05, 3.63) is 11.7 Å². The Morgan fingerprint density at radius 2 is 2.20 bits per heavy atom. The van der Waals surface area contributed by atoms with Gasteiger partial charge in [0, 0.05) is 13.7 Å². The second kappa shape index (κ2) is 5.82. The molecule has 0 aromatic carbocycles. The Kier molecular flexibility index (Phi) is 4.49. The third-order valence-electron chi connectivity index (χ3n) is 4.12. The fourth-order valence-electron chi connectivity index (χ4n) is 3.13. The first kappa shape index (κ1) is 15.4. The molecule has 1 aromatic rings. The van der Waals surface area contributed by atoms with E-state index in [-0.39, 0.29) is 16.9 Å². The predicted octanol–water partition coefficient (Wildman–Crippen LogP) is 2.83. The summed E-state index contributed by atoms with van der Waals surface area (Å²) in [5.74, 6) is 1.43. The molecule has 114 valence electrons. The van der Waals surface area contributed by atoms with Gasteiger partial charge < -0.3 is 14.6 Å². The first-order valence-corrected chi connectivity index (χ1v) is 7.50. The van der Waals surface area contributed by atoms with E-state index in [0.29, 0.717) is 5.82 Å². The molecule has 2 atom stereocenters. The molecule has 2 unspecified atom stereocenters. The van der Waals surface area contributed by atoms with E-state index < -0.39 is 0 Å². The summed E-state index contributed by atoms with van der Waals surface area (Å²) in [5.41, 5.74) is -0.0437. The molecule has 1 saturated heterocycles. The molecule has 1 aromatic heterocycles. The van der Waals surface area contributed by atoms with Crippen LogP contribution in [0, 0.1) is 5.41 Å². The van der Waals surface area contributed by atoms with Crippen molar-refractivity contribution in [1.82, 2.24) is 15.5 Å². The quantitative estimate of drug-likeness (QED) is 0.899. The van der Waals surface area contributed by atoms with Crippen molar-refractivity contribution in [2.75, 3.05) is 20.2 Å². The second-order valence-electron chi connectivity index (χ2n) is 6.90. The standard InChI is InChI=1S/C15H27N3O2/c1-6-7-15(8-9-16-10-15)13-17-12(18-20-13)11(19-5)14(2,3)4/h11,16H,6-10H2,1-5H3. The van der Waals surface area contributed by atoms with Crippen LogP contribution >= 0.6 is 0 Å². The number of hydrogen-bond donors (Lipinski definition) is 1. The Labute approximate surface area is 121 Å². The molecule has 0 bridgehead atoms. The number of methoxy groups -OCH3 is 1. The van der Waals surface area contributed by atoms with E-state index in [2.05, 4.69) is 43.2 Å². The third kappa shape index (κ3) is 2.88. The maximum Gasteiger partial charge on any atom is 0.234 e. The van der Waals surface area contributed by atoms with Crippen molar-refractivity contribution in [2.45, 2.75) is 58.5 Å². The minimum Gasteiger partial charge on any atom is -0.373 e. The maximum absolute atomic E-state index is 5.60. The molecule has 0 amide bonds. The van der Waals surface area contributed by atoms with Crippen LogP contribution in [0.5, 0.6) is 0 Å². The van der Waals surface area contributed by atoms with Crippen molar-refractivity contribution in [3.63, 3.8) is 0 Å². The smallest absolute Gasteiger partial charge is 0.234 e. The van der Waals surface area contributed by atoms with Crippen LogP contribution in [-0.4, -0.2) is 30.3 Å². The summed E-state index contributed by atoms with van der Waals surface area (Å²) in [5, 5.41) is 7.61. The number of nitrogens with one attached hydrogen (secondary N) is 1. The van der Waals surface area contributed by atoms with Gasteiger partial charge in [0.2, 0.25) is 11.7 Å². The lowest BCUT2D eigenvalue weighted by Crippen LogP contribution is -2.29. The van der Waals surface area contributed by atoms with Gasteiger partial charge in [0.1, 0.15) is 6.10 Å². The largest absolute Gasteiger partial charge is 0.373 e. The highest BCUT2D eigenvalue weighted by atomic mass is 16.5. The summed E-state index contributed by atoms with van der Waals surface area (Å²) >= 11 is 0. The van der Waals surface area contributed by atoms with Crippen LogP contribution < -0.4 is 5.32 Å². The lowest BCUT2D eigenvalue weighted by atomic mass is 9.82. The van der Waals surface area contributed by atoms with Gasteiger partial charge in [0.25, 0.3) is 0 Å². The van der Waals surface area contributed by atoms with Gasteiger partial charge in [-0.2, -0.15) is 4.98 Å². The zero-order valence-corrected chi connectivity index (χ0v) is 13.3. The summed E-state index contributed by atoms with van der Waals surface area (Å²) in [4.78, 5) is 4.68. The SMILES string of the molecule is CCCC1(c2nc(C(OC)C(C)(C)C)no2)CCNC1. The fourth-order valence-corrected chi connectivity index (χ4v) is 3.13. The molecule has 1 fully saturated rings. The first-order chi connectivity index (χ1) is 9.43. The van der Waals surface area contributed by atoms with Crippen LogP contribution in [0.4, 0.5) is 0 Å². The number of aromatic nitrogens is 2. The molecule has 0 radical (unpaired) electrons. The fraction of sp³-hybridized carbons (Fsp3) is 0.867. The normalized spacial score (nSPS) is 25.1. The summed E-state index contributed by atoms with van der Waals surface area (Å²) < 4.78 is 11.2. The van der Waals surface area contributed by atoms with Crippen LogP contribution in [0.3, 0.4) is 0 Å². The van der Waals surface area contributed by atoms with Crippen LogP contribution in [-0.2, 0) is 10.2 Å². The van der Waals surface area contributed by atoms with E-state index in [9.17, 15) is 0 Å². The van der Waals surface area contributed by atoms with Crippen molar-refractivity contribution in [1.29, 1.82) is 0 Å². The second-order valence-corrected chi connectivity index (χ2v) is 6.90. The number of ether oxygens (including phenoxy) is 1. The van der Waals surface area contributed by atoms with Gasteiger partial charge >= 0.3 is 0 Å². The zero-order chi connectivity index (χ0) is 14.8. The highest BCUT2D eigenvalue weighted by molar-refractivity contribution is 5.11. The Morgan fingerprint density at radius 1 is 1.45 bits per heavy atom. The Morgan fingerprint density at radius 3 is 2.70 bits per heavy atom. The van der Waals surface area contributed by atoms with Gasteiger partial charge in [0.05, 0.1) is 5.41 Å². The van der Waals surface area contributed by atoms with E-state index in [1.807, 2.05) is 0 Å². The lowest BCUT2D eigenvalue weighted by Gasteiger charge is -2.26. The predicted molar refractivity (Wildman–Crippen MR) is 77.6 cm³/mol. The van der Waals surface area contributed by atoms with E-state index in [1.165, 1.54) is 0 Å². The van der Waals surface area contributed by atoms with Gasteiger partial charge in [-0.1, -0.05) is 39.3 Å². The molecule has 1 aliphatic rings. The van der Waals surface area contributed by atoms with Crippen LogP contribution in [0.15, 0.2) is 4.52 Å². The summed E-state index contributed by atoms with van der Waals surface area (Å²) in [7, 11) is 1.70. The van der Waals surface area contributed by atoms with Gasteiger partial charge in [-0.3, -0.25) is 0 Å². The minimum atomic E-state index is -0.145. The molecule has 0 aliphatic carbocycles. The molecular formula is C15H27N3O2. The zero-order valence-electron chi connectivity index (χ0n) is 13.3. The van der Waals surface area contributed by atoms with Crippen molar-refractivity contribution in [3.8, 4) is 0 Å². The highest BCUT2D eigenvalue weighted by Crippen LogP contribution is 2.38. The van der Waals surface area contributed by atoms with Gasteiger partial charge in [-0.15, -0.1) is 0 Å². The molecule has 5 heteroatoms.